The van der Waals surface area contributed by atoms with Crippen molar-refractivity contribution >= 4 is 11.4 Å². The van der Waals surface area contributed by atoms with Crippen LogP contribution in [0.25, 0.3) is 0 Å². The quantitative estimate of drug-likeness (QED) is 0.641. The number of non-ortho nitro benzene ring substituents is 2. The second kappa shape index (κ2) is 6.29. The third-order valence-electron chi connectivity index (χ3n) is 3.36. The highest BCUT2D eigenvalue weighted by atomic mass is 16.6. The van der Waals surface area contributed by atoms with Gasteiger partial charge in [-0.1, -0.05) is 24.3 Å². The van der Waals surface area contributed by atoms with Gasteiger partial charge in [-0.3, -0.25) is 20.2 Å². The minimum atomic E-state index is -0.581. The Kier molecular flexibility index (Phi) is 4.44. The lowest BCUT2D eigenvalue weighted by Crippen LogP contribution is -2.26. The zero-order chi connectivity index (χ0) is 16.3. The lowest BCUT2D eigenvalue weighted by Gasteiger charge is -2.20. The maximum absolute atomic E-state index is 10.6. The fourth-order valence-corrected chi connectivity index (χ4v) is 2.05. The monoisotopic (exact) mass is 302 g/mol. The van der Waals surface area contributed by atoms with Crippen molar-refractivity contribution in [3.05, 3.63) is 79.9 Å². The van der Waals surface area contributed by atoms with Gasteiger partial charge in [-0.15, -0.1) is 0 Å². The van der Waals surface area contributed by atoms with Crippen molar-refractivity contribution in [2.24, 2.45) is 11.5 Å². The molecule has 0 bridgehead atoms. The Morgan fingerprint density at radius 1 is 0.682 bits per heavy atom. The van der Waals surface area contributed by atoms with Gasteiger partial charge in [-0.2, -0.15) is 0 Å². The van der Waals surface area contributed by atoms with E-state index in [0.29, 0.717) is 11.1 Å². The first-order valence-corrected chi connectivity index (χ1v) is 6.40. The summed E-state index contributed by atoms with van der Waals surface area (Å²) in [5.74, 6) is 0. The van der Waals surface area contributed by atoms with Crippen molar-refractivity contribution < 1.29 is 9.85 Å². The Labute approximate surface area is 125 Å². The molecule has 0 aromatic heterocycles. The average Bonchev–Trinajstić information content (AvgIpc) is 2.53. The van der Waals surface area contributed by atoms with Gasteiger partial charge < -0.3 is 11.5 Å². The standard InChI is InChI=1S/C14H14N4O4/c15-13(9-1-5-11(6-2-9)17(19)20)14(16)10-3-7-12(8-4-10)18(21)22/h1-8,13-14H,15-16H2. The Balaban J connectivity index is 2.18. The third-order valence-corrected chi connectivity index (χ3v) is 3.36. The van der Waals surface area contributed by atoms with E-state index in [9.17, 15) is 20.2 Å². The van der Waals surface area contributed by atoms with Crippen LogP contribution in [0.2, 0.25) is 0 Å². The summed E-state index contributed by atoms with van der Waals surface area (Å²) in [5.41, 5.74) is 13.4. The van der Waals surface area contributed by atoms with Crippen molar-refractivity contribution in [2.75, 3.05) is 0 Å². The van der Waals surface area contributed by atoms with Gasteiger partial charge in [0, 0.05) is 36.3 Å². The minimum Gasteiger partial charge on any atom is -0.322 e. The summed E-state index contributed by atoms with van der Waals surface area (Å²) in [4.78, 5) is 20.2. The highest BCUT2D eigenvalue weighted by molar-refractivity contribution is 5.38. The van der Waals surface area contributed by atoms with E-state index in [1.165, 1.54) is 24.3 Å². The highest BCUT2D eigenvalue weighted by Crippen LogP contribution is 2.27. The SMILES string of the molecule is NC(c1ccc([N+](=O)[O-])cc1)C(N)c1ccc([N+](=O)[O-])cc1. The lowest BCUT2D eigenvalue weighted by atomic mass is 9.94. The molecular formula is C14H14N4O4. The molecule has 8 heteroatoms. The molecular weight excluding hydrogens is 288 g/mol. The molecule has 0 saturated heterocycles. The fourth-order valence-electron chi connectivity index (χ4n) is 2.05. The molecule has 0 aliphatic heterocycles. The van der Waals surface area contributed by atoms with Crippen LogP contribution in [-0.2, 0) is 0 Å². The normalized spacial score (nSPS) is 13.4. The summed E-state index contributed by atoms with van der Waals surface area (Å²) >= 11 is 0. The Bertz CT molecular complexity index is 623. The molecule has 22 heavy (non-hydrogen) atoms. The van der Waals surface area contributed by atoms with Crippen molar-refractivity contribution in [3.63, 3.8) is 0 Å². The molecule has 0 radical (unpaired) electrons. The number of nitro groups is 2. The van der Waals surface area contributed by atoms with Crippen LogP contribution in [0.1, 0.15) is 23.2 Å². The van der Waals surface area contributed by atoms with Gasteiger partial charge in [0.25, 0.3) is 11.4 Å². The maximum atomic E-state index is 10.6. The van der Waals surface area contributed by atoms with Crippen LogP contribution >= 0.6 is 0 Å². The van der Waals surface area contributed by atoms with Gasteiger partial charge in [0.15, 0.2) is 0 Å². The molecule has 0 aliphatic rings. The van der Waals surface area contributed by atoms with Gasteiger partial charge in [0.05, 0.1) is 9.85 Å². The number of nitrogens with zero attached hydrogens (tertiary/aromatic N) is 2. The zero-order valence-corrected chi connectivity index (χ0v) is 11.5. The number of nitro benzene ring substituents is 2. The Morgan fingerprint density at radius 2 is 0.955 bits per heavy atom. The molecule has 2 unspecified atom stereocenters. The summed E-state index contributed by atoms with van der Waals surface area (Å²) in [7, 11) is 0. The van der Waals surface area contributed by atoms with E-state index >= 15 is 0 Å². The van der Waals surface area contributed by atoms with E-state index in [0.717, 1.165) is 0 Å². The topological polar surface area (TPSA) is 138 Å². The van der Waals surface area contributed by atoms with Gasteiger partial charge >= 0.3 is 0 Å². The van der Waals surface area contributed by atoms with E-state index < -0.39 is 21.9 Å². The molecule has 0 spiro atoms. The van der Waals surface area contributed by atoms with Crippen LogP contribution in [0.4, 0.5) is 11.4 Å². The van der Waals surface area contributed by atoms with Crippen molar-refractivity contribution in [2.45, 2.75) is 12.1 Å². The first-order valence-electron chi connectivity index (χ1n) is 6.40. The zero-order valence-electron chi connectivity index (χ0n) is 11.5. The van der Waals surface area contributed by atoms with E-state index in [2.05, 4.69) is 0 Å². The molecule has 114 valence electrons. The molecule has 8 nitrogen and oxygen atoms in total. The van der Waals surface area contributed by atoms with Crippen LogP contribution in [-0.4, -0.2) is 9.85 Å². The molecule has 2 atom stereocenters. The molecule has 0 aliphatic carbocycles. The number of rotatable bonds is 5. The van der Waals surface area contributed by atoms with Crippen molar-refractivity contribution in [1.29, 1.82) is 0 Å². The predicted octanol–water partition coefficient (Wildman–Crippen LogP) is 2.20. The number of nitrogens with two attached hydrogens (primary N) is 2. The van der Waals surface area contributed by atoms with Crippen LogP contribution < -0.4 is 11.5 Å². The fraction of sp³-hybridized carbons (Fsp3) is 0.143. The molecule has 0 heterocycles. The summed E-state index contributed by atoms with van der Waals surface area (Å²) in [5, 5.41) is 21.2. The molecule has 2 aromatic carbocycles. The van der Waals surface area contributed by atoms with E-state index in [4.69, 9.17) is 11.5 Å². The number of benzene rings is 2. The minimum absolute atomic E-state index is 0.0279. The molecule has 0 amide bonds. The first-order chi connectivity index (χ1) is 10.4. The Hall–Kier alpha value is -2.84. The predicted molar refractivity (Wildman–Crippen MR) is 80.0 cm³/mol. The first kappa shape index (κ1) is 15.5. The van der Waals surface area contributed by atoms with Crippen LogP contribution in [0.5, 0.6) is 0 Å². The van der Waals surface area contributed by atoms with Crippen molar-refractivity contribution in [1.82, 2.24) is 0 Å². The summed E-state index contributed by atoms with van der Waals surface area (Å²) in [6.45, 7) is 0. The van der Waals surface area contributed by atoms with Crippen LogP contribution in [0.3, 0.4) is 0 Å². The summed E-state index contributed by atoms with van der Waals surface area (Å²) in [6, 6.07) is 10.5. The lowest BCUT2D eigenvalue weighted by molar-refractivity contribution is -0.385. The Morgan fingerprint density at radius 3 is 1.18 bits per heavy atom. The van der Waals surface area contributed by atoms with E-state index in [1.54, 1.807) is 24.3 Å². The second-order valence-corrected chi connectivity index (χ2v) is 4.75. The van der Waals surface area contributed by atoms with E-state index in [-0.39, 0.29) is 11.4 Å². The van der Waals surface area contributed by atoms with Crippen molar-refractivity contribution in [3.8, 4) is 0 Å². The maximum Gasteiger partial charge on any atom is 0.269 e. The number of hydrogen-bond donors (Lipinski definition) is 2. The van der Waals surface area contributed by atoms with Crippen LogP contribution in [0.15, 0.2) is 48.5 Å². The smallest absolute Gasteiger partial charge is 0.269 e. The molecule has 0 fully saturated rings. The summed E-state index contributed by atoms with van der Waals surface area (Å²) < 4.78 is 0. The third kappa shape index (κ3) is 3.25. The van der Waals surface area contributed by atoms with Gasteiger partial charge in [0.2, 0.25) is 0 Å². The van der Waals surface area contributed by atoms with Gasteiger partial charge in [0.1, 0.15) is 0 Å². The molecule has 2 rings (SSSR count). The number of hydrogen-bond acceptors (Lipinski definition) is 6. The molecule has 0 saturated carbocycles. The summed E-state index contributed by atoms with van der Waals surface area (Å²) in [6.07, 6.45) is 0. The average molecular weight is 302 g/mol. The van der Waals surface area contributed by atoms with Gasteiger partial charge in [-0.05, 0) is 11.1 Å². The molecule has 2 aromatic rings. The highest BCUT2D eigenvalue weighted by Gasteiger charge is 2.19. The van der Waals surface area contributed by atoms with Crippen LogP contribution in [0, 0.1) is 20.2 Å². The van der Waals surface area contributed by atoms with E-state index in [1.807, 2.05) is 0 Å². The second-order valence-electron chi connectivity index (χ2n) is 4.75. The largest absolute Gasteiger partial charge is 0.322 e. The van der Waals surface area contributed by atoms with Gasteiger partial charge in [-0.25, -0.2) is 0 Å². The molecule has 4 N–H and O–H groups in total.